The van der Waals surface area contributed by atoms with Gasteiger partial charge in [0.05, 0.1) is 11.0 Å². The molecule has 0 bridgehead atoms. The Morgan fingerprint density at radius 1 is 1.33 bits per heavy atom. The number of hydrogen-bond donors (Lipinski definition) is 3. The van der Waals surface area contributed by atoms with E-state index in [1.807, 2.05) is 0 Å². The zero-order valence-corrected chi connectivity index (χ0v) is 11.0. The van der Waals surface area contributed by atoms with Crippen molar-refractivity contribution in [2.24, 2.45) is 0 Å². The highest BCUT2D eigenvalue weighted by Gasteiger charge is 2.14. The number of rotatable bonds is 5. The molecule has 0 radical (unpaired) electrons. The summed E-state index contributed by atoms with van der Waals surface area (Å²) in [4.78, 5) is 10.9. The zero-order chi connectivity index (χ0) is 13.8. The first-order valence-corrected chi connectivity index (χ1v) is 6.85. The maximum atomic E-state index is 11.8. The molecule has 0 aliphatic rings. The van der Waals surface area contributed by atoms with Gasteiger partial charge in [0, 0.05) is 19.2 Å². The fourth-order valence-electron chi connectivity index (χ4n) is 1.23. The van der Waals surface area contributed by atoms with Crippen LogP contribution in [0.3, 0.4) is 0 Å². The van der Waals surface area contributed by atoms with Gasteiger partial charge in [0.15, 0.2) is 0 Å². The first-order valence-electron chi connectivity index (χ1n) is 5.36. The molecule has 0 aliphatic carbocycles. The SMILES string of the molecule is CC(=O)Nc1ccc(S(=O)(=O)NCC(C)O)cc1. The average molecular weight is 272 g/mol. The van der Waals surface area contributed by atoms with E-state index in [1.54, 1.807) is 0 Å². The maximum absolute atomic E-state index is 11.8. The van der Waals surface area contributed by atoms with Crippen molar-refractivity contribution in [3.8, 4) is 0 Å². The summed E-state index contributed by atoms with van der Waals surface area (Å²) in [6.45, 7) is 2.81. The minimum Gasteiger partial charge on any atom is -0.392 e. The summed E-state index contributed by atoms with van der Waals surface area (Å²) < 4.78 is 25.8. The third kappa shape index (κ3) is 4.44. The van der Waals surface area contributed by atoms with Crippen LogP contribution in [0.25, 0.3) is 0 Å². The molecule has 0 saturated heterocycles. The molecule has 100 valence electrons. The molecule has 0 aliphatic heterocycles. The van der Waals surface area contributed by atoms with Crippen LogP contribution in [0.2, 0.25) is 0 Å². The fourth-order valence-corrected chi connectivity index (χ4v) is 2.36. The standard InChI is InChI=1S/C11H16N2O4S/c1-8(14)7-12-18(16,17)11-5-3-10(4-6-11)13-9(2)15/h3-6,8,12,14H,7H2,1-2H3,(H,13,15). The third-order valence-electron chi connectivity index (χ3n) is 2.05. The summed E-state index contributed by atoms with van der Waals surface area (Å²) in [5.74, 6) is -0.224. The quantitative estimate of drug-likeness (QED) is 0.718. The maximum Gasteiger partial charge on any atom is 0.240 e. The van der Waals surface area contributed by atoms with E-state index in [0.29, 0.717) is 5.69 Å². The second-order valence-electron chi connectivity index (χ2n) is 3.91. The molecule has 0 spiro atoms. The molecule has 1 rings (SSSR count). The van der Waals surface area contributed by atoms with Crippen LogP contribution in [0, 0.1) is 0 Å². The number of carbonyl (C=O) groups excluding carboxylic acids is 1. The molecule has 7 heteroatoms. The van der Waals surface area contributed by atoms with Gasteiger partial charge < -0.3 is 10.4 Å². The van der Waals surface area contributed by atoms with Crippen LogP contribution in [-0.4, -0.2) is 32.1 Å². The molecule has 0 saturated carbocycles. The number of sulfonamides is 1. The van der Waals surface area contributed by atoms with E-state index in [-0.39, 0.29) is 17.3 Å². The van der Waals surface area contributed by atoms with Crippen molar-refractivity contribution in [3.05, 3.63) is 24.3 Å². The smallest absolute Gasteiger partial charge is 0.240 e. The van der Waals surface area contributed by atoms with Gasteiger partial charge in [-0.3, -0.25) is 4.79 Å². The molecule has 6 nitrogen and oxygen atoms in total. The fraction of sp³-hybridized carbons (Fsp3) is 0.364. The summed E-state index contributed by atoms with van der Waals surface area (Å²) >= 11 is 0. The Morgan fingerprint density at radius 2 is 1.89 bits per heavy atom. The van der Waals surface area contributed by atoms with Crippen molar-refractivity contribution < 1.29 is 18.3 Å². The molecular weight excluding hydrogens is 256 g/mol. The normalized spacial score (nSPS) is 13.1. The summed E-state index contributed by atoms with van der Waals surface area (Å²) in [6.07, 6.45) is -0.751. The second kappa shape index (κ2) is 5.94. The van der Waals surface area contributed by atoms with Gasteiger partial charge in [-0.15, -0.1) is 0 Å². The number of amides is 1. The van der Waals surface area contributed by atoms with Gasteiger partial charge in [-0.1, -0.05) is 0 Å². The predicted molar refractivity (Wildman–Crippen MR) is 67.6 cm³/mol. The zero-order valence-electron chi connectivity index (χ0n) is 10.2. The minimum atomic E-state index is -3.62. The number of hydrogen-bond acceptors (Lipinski definition) is 4. The number of aliphatic hydroxyl groups excluding tert-OH is 1. The number of anilines is 1. The third-order valence-corrected chi connectivity index (χ3v) is 3.49. The van der Waals surface area contributed by atoms with Gasteiger partial charge in [-0.2, -0.15) is 0 Å². The summed E-state index contributed by atoms with van der Waals surface area (Å²) in [7, 11) is -3.62. The van der Waals surface area contributed by atoms with E-state index in [4.69, 9.17) is 5.11 Å². The van der Waals surface area contributed by atoms with E-state index >= 15 is 0 Å². The molecule has 0 fully saturated rings. The Labute approximate surface area is 106 Å². The Bertz CT molecular complexity index is 508. The summed E-state index contributed by atoms with van der Waals surface area (Å²) in [5.41, 5.74) is 0.525. The lowest BCUT2D eigenvalue weighted by Crippen LogP contribution is -2.30. The Hall–Kier alpha value is -1.44. The lowest BCUT2D eigenvalue weighted by Gasteiger charge is -2.09. The molecule has 3 N–H and O–H groups in total. The lowest BCUT2D eigenvalue weighted by atomic mass is 10.3. The van der Waals surface area contributed by atoms with Crippen LogP contribution in [-0.2, 0) is 14.8 Å². The van der Waals surface area contributed by atoms with Gasteiger partial charge in [-0.25, -0.2) is 13.1 Å². The van der Waals surface area contributed by atoms with Crippen LogP contribution in [0.1, 0.15) is 13.8 Å². The van der Waals surface area contributed by atoms with Gasteiger partial charge in [0.2, 0.25) is 15.9 Å². The highest BCUT2D eigenvalue weighted by molar-refractivity contribution is 7.89. The van der Waals surface area contributed by atoms with Gasteiger partial charge >= 0.3 is 0 Å². The van der Waals surface area contributed by atoms with Crippen molar-refractivity contribution in [2.45, 2.75) is 24.8 Å². The number of nitrogens with one attached hydrogen (secondary N) is 2. The molecule has 1 atom stereocenters. The lowest BCUT2D eigenvalue weighted by molar-refractivity contribution is -0.114. The van der Waals surface area contributed by atoms with Gasteiger partial charge in [0.1, 0.15) is 0 Å². The van der Waals surface area contributed by atoms with Crippen molar-refractivity contribution in [1.82, 2.24) is 4.72 Å². The highest BCUT2D eigenvalue weighted by Crippen LogP contribution is 2.13. The molecule has 1 amide bonds. The molecule has 1 unspecified atom stereocenters. The molecule has 0 heterocycles. The van der Waals surface area contributed by atoms with Crippen molar-refractivity contribution >= 4 is 21.6 Å². The van der Waals surface area contributed by atoms with Crippen molar-refractivity contribution in [2.75, 3.05) is 11.9 Å². The van der Waals surface area contributed by atoms with E-state index in [2.05, 4.69) is 10.0 Å². The second-order valence-corrected chi connectivity index (χ2v) is 5.67. The largest absolute Gasteiger partial charge is 0.392 e. The van der Waals surface area contributed by atoms with Crippen molar-refractivity contribution in [1.29, 1.82) is 0 Å². The van der Waals surface area contributed by atoms with E-state index in [9.17, 15) is 13.2 Å². The van der Waals surface area contributed by atoms with Crippen LogP contribution >= 0.6 is 0 Å². The topological polar surface area (TPSA) is 95.5 Å². The van der Waals surface area contributed by atoms with Crippen molar-refractivity contribution in [3.63, 3.8) is 0 Å². The number of aliphatic hydroxyl groups is 1. The van der Waals surface area contributed by atoms with Crippen LogP contribution in [0.4, 0.5) is 5.69 Å². The Balaban J connectivity index is 2.81. The van der Waals surface area contributed by atoms with E-state index < -0.39 is 16.1 Å². The molecular formula is C11H16N2O4S. The molecule has 18 heavy (non-hydrogen) atoms. The summed E-state index contributed by atoms with van der Waals surface area (Å²) in [6, 6.07) is 5.77. The highest BCUT2D eigenvalue weighted by atomic mass is 32.2. The van der Waals surface area contributed by atoms with Crippen LogP contribution in [0.15, 0.2) is 29.2 Å². The Kier molecular flexibility index (Phi) is 4.83. The van der Waals surface area contributed by atoms with Gasteiger partial charge in [0.25, 0.3) is 0 Å². The number of benzene rings is 1. The monoisotopic (exact) mass is 272 g/mol. The number of carbonyl (C=O) groups is 1. The van der Waals surface area contributed by atoms with Gasteiger partial charge in [-0.05, 0) is 31.2 Å². The molecule has 1 aromatic carbocycles. The summed E-state index contributed by atoms with van der Waals surface area (Å²) in [5, 5.41) is 11.6. The first-order chi connectivity index (χ1) is 8.31. The van der Waals surface area contributed by atoms with E-state index in [1.165, 1.54) is 38.1 Å². The average Bonchev–Trinajstić information content (AvgIpc) is 2.26. The predicted octanol–water partition coefficient (Wildman–Crippen LogP) is 0.304. The van der Waals surface area contributed by atoms with E-state index in [0.717, 1.165) is 0 Å². The molecule has 1 aromatic rings. The molecule has 0 aromatic heterocycles. The Morgan fingerprint density at radius 3 is 2.33 bits per heavy atom. The first kappa shape index (κ1) is 14.6. The van der Waals surface area contributed by atoms with Crippen LogP contribution < -0.4 is 10.0 Å². The van der Waals surface area contributed by atoms with Crippen LogP contribution in [0.5, 0.6) is 0 Å². The minimum absolute atomic E-state index is 0.0459.